The van der Waals surface area contributed by atoms with E-state index >= 15 is 0 Å². The van der Waals surface area contributed by atoms with Gasteiger partial charge < -0.3 is 15.1 Å². The van der Waals surface area contributed by atoms with Gasteiger partial charge in [-0.25, -0.2) is 0 Å². The number of aliphatic hydroxyl groups is 1. The van der Waals surface area contributed by atoms with Gasteiger partial charge in [-0.15, -0.1) is 0 Å². The molecule has 0 spiro atoms. The van der Waals surface area contributed by atoms with E-state index in [9.17, 15) is 14.7 Å². The molecule has 5 nitrogen and oxygen atoms in total. The summed E-state index contributed by atoms with van der Waals surface area (Å²) in [5.41, 5.74) is 1.19. The van der Waals surface area contributed by atoms with Gasteiger partial charge in [-0.05, 0) is 25.0 Å². The Kier molecular flexibility index (Phi) is 4.30. The van der Waals surface area contributed by atoms with Crippen LogP contribution >= 0.6 is 11.6 Å². The normalized spacial score (nSPS) is 22.6. The van der Waals surface area contributed by atoms with E-state index in [2.05, 4.69) is 0 Å². The van der Waals surface area contributed by atoms with E-state index in [-0.39, 0.29) is 18.9 Å². The van der Waals surface area contributed by atoms with E-state index in [0.29, 0.717) is 17.1 Å². The van der Waals surface area contributed by atoms with Gasteiger partial charge >= 0.3 is 5.97 Å². The number of hydrogen-bond donors (Lipinski definition) is 2. The van der Waals surface area contributed by atoms with E-state index in [0.717, 1.165) is 5.56 Å². The minimum Gasteiger partial charge on any atom is -0.481 e. The molecule has 1 fully saturated rings. The molecule has 1 aliphatic heterocycles. The van der Waals surface area contributed by atoms with Crippen molar-refractivity contribution >= 4 is 23.5 Å². The maximum Gasteiger partial charge on any atom is 0.309 e. The Morgan fingerprint density at radius 1 is 1.40 bits per heavy atom. The molecule has 0 aromatic heterocycles. The zero-order valence-electron chi connectivity index (χ0n) is 11.0. The van der Waals surface area contributed by atoms with Crippen LogP contribution in [0.1, 0.15) is 22.3 Å². The van der Waals surface area contributed by atoms with Gasteiger partial charge in [0.2, 0.25) is 0 Å². The number of aryl methyl sites for hydroxylation is 1. The third kappa shape index (κ3) is 2.78. The van der Waals surface area contributed by atoms with Crippen LogP contribution in [0.3, 0.4) is 0 Å². The lowest BCUT2D eigenvalue weighted by atomic mass is 9.93. The largest absolute Gasteiger partial charge is 0.481 e. The van der Waals surface area contributed by atoms with Crippen LogP contribution in [0.25, 0.3) is 0 Å². The molecule has 0 bridgehead atoms. The number of aliphatic carboxylic acids is 1. The number of piperidine rings is 1. The summed E-state index contributed by atoms with van der Waals surface area (Å²) in [6, 6.07) is 5.19. The summed E-state index contributed by atoms with van der Waals surface area (Å²) >= 11 is 6.12. The van der Waals surface area contributed by atoms with E-state index in [1.807, 2.05) is 13.0 Å². The van der Waals surface area contributed by atoms with Gasteiger partial charge in [0.15, 0.2) is 0 Å². The monoisotopic (exact) mass is 297 g/mol. The van der Waals surface area contributed by atoms with Crippen molar-refractivity contribution in [3.8, 4) is 0 Å². The fourth-order valence-electron chi connectivity index (χ4n) is 2.39. The molecule has 1 aliphatic rings. The summed E-state index contributed by atoms with van der Waals surface area (Å²) < 4.78 is 0. The lowest BCUT2D eigenvalue weighted by Gasteiger charge is -2.34. The van der Waals surface area contributed by atoms with Crippen molar-refractivity contribution < 1.29 is 19.8 Å². The molecule has 108 valence electrons. The summed E-state index contributed by atoms with van der Waals surface area (Å²) in [4.78, 5) is 24.8. The minimum atomic E-state index is -1.05. The number of β-amino-alcohol motifs (C(OH)–C–C–N with tert-alkyl or cyclic N) is 1. The quantitative estimate of drug-likeness (QED) is 0.868. The number of carbonyl (C=O) groups is 2. The fraction of sp³-hybridized carbons (Fsp3) is 0.429. The van der Waals surface area contributed by atoms with Crippen molar-refractivity contribution in [2.75, 3.05) is 13.1 Å². The number of aliphatic hydroxyl groups excluding tert-OH is 1. The van der Waals surface area contributed by atoms with Crippen LogP contribution in [-0.4, -0.2) is 46.2 Å². The topological polar surface area (TPSA) is 77.8 Å². The molecule has 1 aromatic rings. The predicted molar refractivity (Wildman–Crippen MR) is 73.8 cm³/mol. The van der Waals surface area contributed by atoms with E-state index in [1.54, 1.807) is 12.1 Å². The van der Waals surface area contributed by atoms with Crippen molar-refractivity contribution in [2.24, 2.45) is 5.92 Å². The van der Waals surface area contributed by atoms with Crippen LogP contribution in [0, 0.1) is 12.8 Å². The van der Waals surface area contributed by atoms with E-state index in [4.69, 9.17) is 16.7 Å². The molecule has 0 saturated carbocycles. The smallest absolute Gasteiger partial charge is 0.309 e. The molecule has 0 aliphatic carbocycles. The second-order valence-corrected chi connectivity index (χ2v) is 5.37. The van der Waals surface area contributed by atoms with Crippen LogP contribution in [0.2, 0.25) is 5.02 Å². The summed E-state index contributed by atoms with van der Waals surface area (Å²) in [6.45, 7) is 2.13. The molecule has 1 heterocycles. The van der Waals surface area contributed by atoms with Gasteiger partial charge in [0.1, 0.15) is 0 Å². The highest BCUT2D eigenvalue weighted by atomic mass is 35.5. The lowest BCUT2D eigenvalue weighted by molar-refractivity contribution is -0.148. The second kappa shape index (κ2) is 5.81. The van der Waals surface area contributed by atoms with Crippen molar-refractivity contribution in [1.29, 1.82) is 0 Å². The van der Waals surface area contributed by atoms with Crippen molar-refractivity contribution in [3.63, 3.8) is 0 Å². The van der Waals surface area contributed by atoms with Crippen LogP contribution in [0.15, 0.2) is 18.2 Å². The Morgan fingerprint density at radius 2 is 2.10 bits per heavy atom. The van der Waals surface area contributed by atoms with Gasteiger partial charge in [-0.2, -0.15) is 0 Å². The van der Waals surface area contributed by atoms with Crippen molar-refractivity contribution in [2.45, 2.75) is 19.4 Å². The Hall–Kier alpha value is -1.59. The number of carbonyl (C=O) groups excluding carboxylic acids is 1. The van der Waals surface area contributed by atoms with Crippen LogP contribution in [0.5, 0.6) is 0 Å². The number of nitrogens with zero attached hydrogens (tertiary/aromatic N) is 1. The Morgan fingerprint density at radius 3 is 2.70 bits per heavy atom. The first-order valence-electron chi connectivity index (χ1n) is 6.37. The molecule has 2 rings (SSSR count). The molecular weight excluding hydrogens is 282 g/mol. The summed E-state index contributed by atoms with van der Waals surface area (Å²) in [5, 5.41) is 19.2. The highest BCUT2D eigenvalue weighted by molar-refractivity contribution is 6.34. The molecule has 1 saturated heterocycles. The number of benzene rings is 1. The summed E-state index contributed by atoms with van der Waals surface area (Å²) in [5.74, 6) is -2.12. The number of carboxylic acid groups (broad SMARTS) is 1. The number of likely N-dealkylation sites (tertiary alicyclic amines) is 1. The van der Waals surface area contributed by atoms with Crippen molar-refractivity contribution in [1.82, 2.24) is 4.90 Å². The average molecular weight is 298 g/mol. The summed E-state index contributed by atoms with van der Waals surface area (Å²) in [7, 11) is 0. The van der Waals surface area contributed by atoms with Crippen molar-refractivity contribution in [3.05, 3.63) is 34.3 Å². The Bertz CT molecular complexity index is 546. The van der Waals surface area contributed by atoms with Crippen LogP contribution in [0.4, 0.5) is 0 Å². The fourth-order valence-corrected chi connectivity index (χ4v) is 2.59. The zero-order chi connectivity index (χ0) is 14.9. The maximum absolute atomic E-state index is 12.4. The Balaban J connectivity index is 2.15. The maximum atomic E-state index is 12.4. The standard InChI is InChI=1S/C14H16ClNO4/c1-8-3-2-4-10(12(8)15)13(18)16-6-5-9(14(19)20)11(17)7-16/h2-4,9,11,17H,5-7H2,1H3,(H,19,20)/t9-,11+/m0/s1. The number of rotatable bonds is 2. The number of amides is 1. The highest BCUT2D eigenvalue weighted by Crippen LogP contribution is 2.25. The van der Waals surface area contributed by atoms with Gasteiger partial charge in [0.25, 0.3) is 5.91 Å². The molecule has 20 heavy (non-hydrogen) atoms. The molecule has 1 aromatic carbocycles. The number of hydrogen-bond acceptors (Lipinski definition) is 3. The van der Waals surface area contributed by atoms with Gasteiger partial charge in [-0.1, -0.05) is 23.7 Å². The van der Waals surface area contributed by atoms with Crippen LogP contribution in [-0.2, 0) is 4.79 Å². The third-order valence-electron chi connectivity index (χ3n) is 3.61. The average Bonchev–Trinajstić information content (AvgIpc) is 2.40. The minimum absolute atomic E-state index is 0.0140. The van der Waals surface area contributed by atoms with E-state index < -0.39 is 18.0 Å². The lowest BCUT2D eigenvalue weighted by Crippen LogP contribution is -2.48. The SMILES string of the molecule is Cc1cccc(C(=O)N2CC[C@H](C(=O)O)[C@H](O)C2)c1Cl. The molecular formula is C14H16ClNO4. The second-order valence-electron chi connectivity index (χ2n) is 4.99. The van der Waals surface area contributed by atoms with Gasteiger partial charge in [0.05, 0.1) is 22.6 Å². The first-order valence-corrected chi connectivity index (χ1v) is 6.75. The highest BCUT2D eigenvalue weighted by Gasteiger charge is 2.35. The molecule has 0 radical (unpaired) electrons. The van der Waals surface area contributed by atoms with E-state index in [1.165, 1.54) is 4.90 Å². The Labute approximate surface area is 121 Å². The molecule has 1 amide bonds. The first-order chi connectivity index (χ1) is 9.41. The molecule has 0 unspecified atom stereocenters. The zero-order valence-corrected chi connectivity index (χ0v) is 11.8. The predicted octanol–water partition coefficient (Wildman–Crippen LogP) is 1.56. The number of carboxylic acids is 1. The van der Waals surface area contributed by atoms with Crippen LogP contribution < -0.4 is 0 Å². The molecule has 2 N–H and O–H groups in total. The number of halogens is 1. The van der Waals surface area contributed by atoms with Gasteiger partial charge in [0, 0.05) is 13.1 Å². The summed E-state index contributed by atoms with van der Waals surface area (Å²) in [6.07, 6.45) is -0.806. The third-order valence-corrected chi connectivity index (χ3v) is 4.11. The molecule has 6 heteroatoms. The molecule has 2 atom stereocenters. The van der Waals surface area contributed by atoms with Gasteiger partial charge in [-0.3, -0.25) is 9.59 Å². The first kappa shape index (κ1) is 14.8.